The SMILES string of the molecule is COC(=O)c1cc(OC)c(OC)cc1NC(=O)Cc1ccc([N+](=O)[O-])cc1. The largest absolute Gasteiger partial charge is 0.493 e. The van der Waals surface area contributed by atoms with Crippen molar-refractivity contribution in [3.8, 4) is 11.5 Å². The van der Waals surface area contributed by atoms with Gasteiger partial charge in [-0.3, -0.25) is 14.9 Å². The van der Waals surface area contributed by atoms with Crippen LogP contribution < -0.4 is 14.8 Å². The van der Waals surface area contributed by atoms with Crippen LogP contribution in [-0.4, -0.2) is 38.1 Å². The van der Waals surface area contributed by atoms with Crippen LogP contribution in [0.15, 0.2) is 36.4 Å². The molecule has 0 aliphatic heterocycles. The molecule has 27 heavy (non-hydrogen) atoms. The minimum atomic E-state index is -0.651. The van der Waals surface area contributed by atoms with Gasteiger partial charge in [-0.1, -0.05) is 12.1 Å². The van der Waals surface area contributed by atoms with Crippen LogP contribution in [0.5, 0.6) is 11.5 Å². The van der Waals surface area contributed by atoms with E-state index in [4.69, 9.17) is 14.2 Å². The molecule has 2 rings (SSSR count). The highest BCUT2D eigenvalue weighted by Crippen LogP contribution is 2.33. The third-order valence-electron chi connectivity index (χ3n) is 3.71. The summed E-state index contributed by atoms with van der Waals surface area (Å²) in [5.74, 6) is -0.426. The van der Waals surface area contributed by atoms with Crippen molar-refractivity contribution in [2.24, 2.45) is 0 Å². The van der Waals surface area contributed by atoms with Crippen LogP contribution in [-0.2, 0) is 16.0 Å². The van der Waals surface area contributed by atoms with Crippen molar-refractivity contribution in [1.82, 2.24) is 0 Å². The van der Waals surface area contributed by atoms with Gasteiger partial charge >= 0.3 is 5.97 Å². The molecule has 1 amide bonds. The van der Waals surface area contributed by atoms with Gasteiger partial charge in [0.1, 0.15) is 0 Å². The Morgan fingerprint density at radius 1 is 1.04 bits per heavy atom. The molecular formula is C18H18N2O7. The number of hydrogen-bond acceptors (Lipinski definition) is 7. The van der Waals surface area contributed by atoms with E-state index in [1.807, 2.05) is 0 Å². The topological polar surface area (TPSA) is 117 Å². The van der Waals surface area contributed by atoms with E-state index < -0.39 is 16.8 Å². The molecule has 0 unspecified atom stereocenters. The number of nitro groups is 1. The standard InChI is InChI=1S/C18H18N2O7/c1-25-15-9-13(18(22)27-3)14(10-16(15)26-2)19-17(21)8-11-4-6-12(7-5-11)20(23)24/h4-7,9-10H,8H2,1-3H3,(H,19,21). The number of nitrogens with zero attached hydrogens (tertiary/aromatic N) is 1. The lowest BCUT2D eigenvalue weighted by Gasteiger charge is -2.14. The number of amides is 1. The quantitative estimate of drug-likeness (QED) is 0.450. The molecule has 2 aromatic carbocycles. The smallest absolute Gasteiger partial charge is 0.340 e. The molecule has 0 heterocycles. The van der Waals surface area contributed by atoms with Gasteiger partial charge in [0.2, 0.25) is 5.91 Å². The van der Waals surface area contributed by atoms with E-state index in [1.165, 1.54) is 57.7 Å². The molecule has 0 aromatic heterocycles. The Morgan fingerprint density at radius 3 is 2.15 bits per heavy atom. The second kappa shape index (κ2) is 8.65. The van der Waals surface area contributed by atoms with Crippen LogP contribution in [0.3, 0.4) is 0 Å². The van der Waals surface area contributed by atoms with E-state index in [0.717, 1.165) is 0 Å². The molecule has 2 aromatic rings. The summed E-state index contributed by atoms with van der Waals surface area (Å²) in [7, 11) is 4.07. The lowest BCUT2D eigenvalue weighted by molar-refractivity contribution is -0.384. The number of non-ortho nitro benzene ring substituents is 1. The van der Waals surface area contributed by atoms with Gasteiger partial charge in [-0.25, -0.2) is 4.79 Å². The van der Waals surface area contributed by atoms with E-state index in [1.54, 1.807) is 0 Å². The maximum Gasteiger partial charge on any atom is 0.340 e. The van der Waals surface area contributed by atoms with Crippen LogP contribution in [0.4, 0.5) is 11.4 Å². The highest BCUT2D eigenvalue weighted by molar-refractivity contribution is 6.02. The second-order valence-corrected chi connectivity index (χ2v) is 5.39. The number of benzene rings is 2. The fourth-order valence-electron chi connectivity index (χ4n) is 2.38. The summed E-state index contributed by atoms with van der Waals surface area (Å²) in [5.41, 5.74) is 0.823. The molecule has 0 radical (unpaired) electrons. The van der Waals surface area contributed by atoms with Crippen molar-refractivity contribution < 1.29 is 28.7 Å². The molecule has 0 spiro atoms. The van der Waals surface area contributed by atoms with Gasteiger partial charge in [-0.05, 0) is 5.56 Å². The van der Waals surface area contributed by atoms with Crippen molar-refractivity contribution in [2.45, 2.75) is 6.42 Å². The number of methoxy groups -OCH3 is 3. The van der Waals surface area contributed by atoms with Gasteiger partial charge in [0.25, 0.3) is 5.69 Å². The summed E-state index contributed by atoms with van der Waals surface area (Å²) in [6.07, 6.45) is -0.0348. The lowest BCUT2D eigenvalue weighted by Crippen LogP contribution is -2.17. The third kappa shape index (κ3) is 4.72. The fraction of sp³-hybridized carbons (Fsp3) is 0.222. The number of hydrogen-bond donors (Lipinski definition) is 1. The molecule has 0 bridgehead atoms. The van der Waals surface area contributed by atoms with E-state index in [-0.39, 0.29) is 23.4 Å². The van der Waals surface area contributed by atoms with Crippen LogP contribution in [0.2, 0.25) is 0 Å². The highest BCUT2D eigenvalue weighted by Gasteiger charge is 2.19. The van der Waals surface area contributed by atoms with E-state index in [9.17, 15) is 19.7 Å². The maximum absolute atomic E-state index is 12.3. The minimum absolute atomic E-state index is 0.0348. The van der Waals surface area contributed by atoms with Crippen LogP contribution in [0.1, 0.15) is 15.9 Å². The average Bonchev–Trinajstić information content (AvgIpc) is 2.67. The summed E-state index contributed by atoms with van der Waals surface area (Å²) in [6.45, 7) is 0. The first kappa shape index (κ1) is 19.7. The molecule has 0 aliphatic carbocycles. The summed E-state index contributed by atoms with van der Waals surface area (Å²) in [6, 6.07) is 8.49. The summed E-state index contributed by atoms with van der Waals surface area (Å²) in [5, 5.41) is 13.3. The van der Waals surface area contributed by atoms with Gasteiger partial charge in [0, 0.05) is 24.3 Å². The molecule has 9 nitrogen and oxygen atoms in total. The van der Waals surface area contributed by atoms with Crippen molar-refractivity contribution in [3.05, 3.63) is 57.6 Å². The Labute approximate surface area is 155 Å². The normalized spacial score (nSPS) is 10.0. The summed E-state index contributed by atoms with van der Waals surface area (Å²) in [4.78, 5) is 34.5. The zero-order chi connectivity index (χ0) is 20.0. The van der Waals surface area contributed by atoms with Gasteiger partial charge in [-0.15, -0.1) is 0 Å². The van der Waals surface area contributed by atoms with E-state index in [2.05, 4.69) is 5.32 Å². The Bertz CT molecular complexity index is 863. The fourth-order valence-corrected chi connectivity index (χ4v) is 2.38. The Kier molecular flexibility index (Phi) is 6.32. The number of nitrogens with one attached hydrogen (secondary N) is 1. The second-order valence-electron chi connectivity index (χ2n) is 5.39. The third-order valence-corrected chi connectivity index (χ3v) is 3.71. The van der Waals surface area contributed by atoms with Crippen LogP contribution in [0.25, 0.3) is 0 Å². The molecule has 0 atom stereocenters. The zero-order valence-corrected chi connectivity index (χ0v) is 15.0. The molecule has 1 N–H and O–H groups in total. The van der Waals surface area contributed by atoms with Crippen molar-refractivity contribution >= 4 is 23.3 Å². The first-order valence-corrected chi connectivity index (χ1v) is 7.77. The number of carbonyl (C=O) groups excluding carboxylic acids is 2. The highest BCUT2D eigenvalue weighted by atomic mass is 16.6. The number of anilines is 1. The predicted octanol–water partition coefficient (Wildman–Crippen LogP) is 2.58. The number of carbonyl (C=O) groups is 2. The Morgan fingerprint density at radius 2 is 1.63 bits per heavy atom. The van der Waals surface area contributed by atoms with Crippen molar-refractivity contribution in [3.63, 3.8) is 0 Å². The molecule has 0 aliphatic rings. The molecular weight excluding hydrogens is 356 g/mol. The van der Waals surface area contributed by atoms with E-state index in [0.29, 0.717) is 17.1 Å². The molecule has 0 saturated heterocycles. The number of esters is 1. The van der Waals surface area contributed by atoms with Gasteiger partial charge in [0.15, 0.2) is 11.5 Å². The molecule has 0 fully saturated rings. The Hall–Kier alpha value is -3.62. The van der Waals surface area contributed by atoms with Gasteiger partial charge in [0.05, 0.1) is 43.9 Å². The summed E-state index contributed by atoms with van der Waals surface area (Å²) >= 11 is 0. The van der Waals surface area contributed by atoms with Crippen LogP contribution in [0, 0.1) is 10.1 Å². The predicted molar refractivity (Wildman–Crippen MR) is 96.3 cm³/mol. The number of nitro benzene ring substituents is 1. The van der Waals surface area contributed by atoms with Crippen molar-refractivity contribution in [2.75, 3.05) is 26.6 Å². The van der Waals surface area contributed by atoms with Crippen molar-refractivity contribution in [1.29, 1.82) is 0 Å². The van der Waals surface area contributed by atoms with Gasteiger partial charge in [-0.2, -0.15) is 0 Å². The van der Waals surface area contributed by atoms with Gasteiger partial charge < -0.3 is 19.5 Å². The first-order valence-electron chi connectivity index (χ1n) is 7.77. The van der Waals surface area contributed by atoms with Crippen LogP contribution >= 0.6 is 0 Å². The van der Waals surface area contributed by atoms with E-state index >= 15 is 0 Å². The lowest BCUT2D eigenvalue weighted by atomic mass is 10.1. The number of ether oxygens (including phenoxy) is 3. The molecule has 9 heteroatoms. The average molecular weight is 374 g/mol. The number of rotatable bonds is 7. The molecule has 142 valence electrons. The summed E-state index contributed by atoms with van der Waals surface area (Å²) < 4.78 is 15.1. The zero-order valence-electron chi connectivity index (χ0n) is 15.0. The molecule has 0 saturated carbocycles. The minimum Gasteiger partial charge on any atom is -0.493 e. The Balaban J connectivity index is 2.25. The first-order chi connectivity index (χ1) is 12.9. The maximum atomic E-state index is 12.3. The monoisotopic (exact) mass is 374 g/mol.